The normalized spacial score (nSPS) is 19.3. The molecule has 3 nitrogen and oxygen atoms in total. The number of aromatic nitrogens is 1. The number of nitrogens with zero attached hydrogens (tertiary/aromatic N) is 1. The molecule has 0 aromatic carbocycles. The average Bonchev–Trinajstić information content (AvgIpc) is 2.30. The Bertz CT molecular complexity index is 400. The molecular weight excluding hydrogens is 209 g/mol. The molecule has 0 aliphatic heterocycles. The summed E-state index contributed by atoms with van der Waals surface area (Å²) in [5.41, 5.74) is -0.750. The SMILES string of the molecule is O=C(O)C1(c2ccncc2F)CCCCC1. The van der Waals surface area contributed by atoms with E-state index in [1.807, 2.05) is 0 Å². The lowest BCUT2D eigenvalue weighted by Crippen LogP contribution is -2.38. The highest BCUT2D eigenvalue weighted by atomic mass is 19.1. The number of pyridine rings is 1. The molecule has 2 rings (SSSR count). The van der Waals surface area contributed by atoms with Crippen LogP contribution in [0.2, 0.25) is 0 Å². The third-order valence-electron chi connectivity index (χ3n) is 3.40. The van der Waals surface area contributed by atoms with Crippen LogP contribution in [-0.2, 0) is 10.2 Å². The molecule has 1 heterocycles. The van der Waals surface area contributed by atoms with Crippen LogP contribution in [-0.4, -0.2) is 16.1 Å². The van der Waals surface area contributed by atoms with Crippen LogP contribution in [0.4, 0.5) is 4.39 Å². The van der Waals surface area contributed by atoms with E-state index in [1.54, 1.807) is 0 Å². The minimum Gasteiger partial charge on any atom is -0.481 e. The molecule has 0 spiro atoms. The third-order valence-corrected chi connectivity index (χ3v) is 3.40. The number of carboxylic acid groups (broad SMARTS) is 1. The van der Waals surface area contributed by atoms with Crippen molar-refractivity contribution in [3.63, 3.8) is 0 Å². The molecule has 0 bridgehead atoms. The van der Waals surface area contributed by atoms with E-state index in [9.17, 15) is 14.3 Å². The molecule has 1 aliphatic carbocycles. The van der Waals surface area contributed by atoms with Gasteiger partial charge in [-0.05, 0) is 18.9 Å². The topological polar surface area (TPSA) is 50.2 Å². The molecule has 86 valence electrons. The molecule has 0 amide bonds. The van der Waals surface area contributed by atoms with Gasteiger partial charge in [0.1, 0.15) is 5.82 Å². The van der Waals surface area contributed by atoms with Crippen LogP contribution in [0.15, 0.2) is 18.5 Å². The standard InChI is InChI=1S/C12H14FNO2/c13-10-8-14-7-4-9(10)12(11(15)16)5-2-1-3-6-12/h4,7-8H,1-3,5-6H2,(H,15,16). The van der Waals surface area contributed by atoms with Gasteiger partial charge in [-0.2, -0.15) is 0 Å². The molecule has 1 aromatic rings. The Morgan fingerprint density at radius 2 is 2.06 bits per heavy atom. The predicted molar refractivity (Wildman–Crippen MR) is 56.6 cm³/mol. The second-order valence-electron chi connectivity index (χ2n) is 4.30. The number of carboxylic acids is 1. The fourth-order valence-electron chi connectivity index (χ4n) is 2.52. The summed E-state index contributed by atoms with van der Waals surface area (Å²) in [7, 11) is 0. The smallest absolute Gasteiger partial charge is 0.314 e. The fraction of sp³-hybridized carbons (Fsp3) is 0.500. The van der Waals surface area contributed by atoms with E-state index in [0.29, 0.717) is 12.8 Å². The summed E-state index contributed by atoms with van der Waals surface area (Å²) in [5.74, 6) is -1.43. The first-order chi connectivity index (χ1) is 7.67. The van der Waals surface area contributed by atoms with Gasteiger partial charge in [-0.3, -0.25) is 9.78 Å². The molecule has 4 heteroatoms. The highest BCUT2D eigenvalue weighted by molar-refractivity contribution is 5.81. The van der Waals surface area contributed by atoms with Crippen LogP contribution in [0.25, 0.3) is 0 Å². The van der Waals surface area contributed by atoms with Crippen molar-refractivity contribution < 1.29 is 14.3 Å². The number of aliphatic carboxylic acids is 1. The van der Waals surface area contributed by atoms with Crippen LogP contribution in [0.5, 0.6) is 0 Å². The molecular formula is C12H14FNO2. The van der Waals surface area contributed by atoms with Gasteiger partial charge in [-0.1, -0.05) is 19.3 Å². The van der Waals surface area contributed by atoms with E-state index >= 15 is 0 Å². The third kappa shape index (κ3) is 1.68. The van der Waals surface area contributed by atoms with Crippen LogP contribution >= 0.6 is 0 Å². The first kappa shape index (κ1) is 11.0. The Morgan fingerprint density at radius 1 is 1.38 bits per heavy atom. The van der Waals surface area contributed by atoms with Crippen molar-refractivity contribution >= 4 is 5.97 Å². The molecule has 1 saturated carbocycles. The summed E-state index contributed by atoms with van der Waals surface area (Å²) in [4.78, 5) is 15.1. The molecule has 16 heavy (non-hydrogen) atoms. The Balaban J connectivity index is 2.47. The zero-order valence-corrected chi connectivity index (χ0v) is 8.95. The van der Waals surface area contributed by atoms with Gasteiger partial charge < -0.3 is 5.11 Å². The Kier molecular flexibility index (Phi) is 2.90. The predicted octanol–water partition coefficient (Wildman–Crippen LogP) is 2.51. The maximum atomic E-state index is 13.7. The summed E-state index contributed by atoms with van der Waals surface area (Å²) in [5, 5.41) is 9.38. The molecule has 0 atom stereocenters. The highest BCUT2D eigenvalue weighted by Gasteiger charge is 2.42. The van der Waals surface area contributed by atoms with Crippen LogP contribution < -0.4 is 0 Å². The maximum Gasteiger partial charge on any atom is 0.314 e. The molecule has 1 aromatic heterocycles. The van der Waals surface area contributed by atoms with Gasteiger partial charge in [-0.15, -0.1) is 0 Å². The molecule has 1 fully saturated rings. The molecule has 1 N–H and O–H groups in total. The lowest BCUT2D eigenvalue weighted by atomic mass is 9.69. The maximum absolute atomic E-state index is 13.7. The minimum absolute atomic E-state index is 0.287. The fourth-order valence-corrected chi connectivity index (χ4v) is 2.52. The number of carbonyl (C=O) groups is 1. The Hall–Kier alpha value is -1.45. The van der Waals surface area contributed by atoms with Gasteiger partial charge in [0.25, 0.3) is 0 Å². The second-order valence-corrected chi connectivity index (χ2v) is 4.30. The van der Waals surface area contributed by atoms with Crippen molar-refractivity contribution in [1.82, 2.24) is 4.98 Å². The molecule has 0 unspecified atom stereocenters. The van der Waals surface area contributed by atoms with Crippen LogP contribution in [0, 0.1) is 5.82 Å². The first-order valence-electron chi connectivity index (χ1n) is 5.50. The highest BCUT2D eigenvalue weighted by Crippen LogP contribution is 2.40. The van der Waals surface area contributed by atoms with Crippen molar-refractivity contribution in [2.24, 2.45) is 0 Å². The van der Waals surface area contributed by atoms with Gasteiger partial charge in [0, 0.05) is 11.8 Å². The number of rotatable bonds is 2. The van der Waals surface area contributed by atoms with E-state index in [4.69, 9.17) is 0 Å². The van der Waals surface area contributed by atoms with Crippen molar-refractivity contribution in [2.75, 3.05) is 0 Å². The van der Waals surface area contributed by atoms with Crippen molar-refractivity contribution in [2.45, 2.75) is 37.5 Å². The first-order valence-corrected chi connectivity index (χ1v) is 5.50. The van der Waals surface area contributed by atoms with Gasteiger partial charge >= 0.3 is 5.97 Å². The van der Waals surface area contributed by atoms with E-state index < -0.39 is 17.2 Å². The number of halogens is 1. The molecule has 0 saturated heterocycles. The summed E-state index contributed by atoms with van der Waals surface area (Å²) in [6.45, 7) is 0. The minimum atomic E-state index is -1.04. The molecule has 1 aliphatic rings. The number of hydrogen-bond acceptors (Lipinski definition) is 2. The van der Waals surface area contributed by atoms with Gasteiger partial charge in [-0.25, -0.2) is 4.39 Å². The second kappa shape index (κ2) is 4.20. The van der Waals surface area contributed by atoms with Crippen LogP contribution in [0.1, 0.15) is 37.7 Å². The number of hydrogen-bond donors (Lipinski definition) is 1. The summed E-state index contributed by atoms with van der Waals surface area (Å²) in [6.07, 6.45) is 6.29. The zero-order chi connectivity index (χ0) is 11.6. The summed E-state index contributed by atoms with van der Waals surface area (Å²) >= 11 is 0. The monoisotopic (exact) mass is 223 g/mol. The summed E-state index contributed by atoms with van der Waals surface area (Å²) in [6, 6.07) is 1.49. The lowest BCUT2D eigenvalue weighted by Gasteiger charge is -2.33. The van der Waals surface area contributed by atoms with E-state index in [1.165, 1.54) is 12.3 Å². The Morgan fingerprint density at radius 3 is 2.62 bits per heavy atom. The average molecular weight is 223 g/mol. The Labute approximate surface area is 93.3 Å². The van der Waals surface area contributed by atoms with Crippen LogP contribution in [0.3, 0.4) is 0 Å². The van der Waals surface area contributed by atoms with Gasteiger partial charge in [0.15, 0.2) is 0 Å². The lowest BCUT2D eigenvalue weighted by molar-refractivity contribution is -0.145. The van der Waals surface area contributed by atoms with E-state index in [-0.39, 0.29) is 5.56 Å². The van der Waals surface area contributed by atoms with E-state index in [2.05, 4.69) is 4.98 Å². The van der Waals surface area contributed by atoms with Gasteiger partial charge in [0.2, 0.25) is 0 Å². The van der Waals surface area contributed by atoms with Crippen molar-refractivity contribution in [3.05, 3.63) is 29.8 Å². The van der Waals surface area contributed by atoms with Crippen molar-refractivity contribution in [3.8, 4) is 0 Å². The van der Waals surface area contributed by atoms with Gasteiger partial charge in [0.05, 0.1) is 11.6 Å². The summed E-state index contributed by atoms with van der Waals surface area (Å²) < 4.78 is 13.7. The van der Waals surface area contributed by atoms with Crippen molar-refractivity contribution in [1.29, 1.82) is 0 Å². The van der Waals surface area contributed by atoms with E-state index in [0.717, 1.165) is 25.5 Å². The zero-order valence-electron chi connectivity index (χ0n) is 8.95. The quantitative estimate of drug-likeness (QED) is 0.838. The molecule has 0 radical (unpaired) electrons. The largest absolute Gasteiger partial charge is 0.481 e.